The Morgan fingerprint density at radius 2 is 1.90 bits per heavy atom. The van der Waals surface area contributed by atoms with Crippen LogP contribution in [0.15, 0.2) is 29.8 Å². The van der Waals surface area contributed by atoms with E-state index in [1.54, 1.807) is 12.1 Å². The molecule has 1 spiro atoms. The van der Waals surface area contributed by atoms with Crippen molar-refractivity contribution in [2.75, 3.05) is 6.61 Å². The van der Waals surface area contributed by atoms with Gasteiger partial charge in [-0.05, 0) is 67.7 Å². The first-order chi connectivity index (χ1) is 9.67. The van der Waals surface area contributed by atoms with Crippen molar-refractivity contribution in [2.24, 2.45) is 5.41 Å². The van der Waals surface area contributed by atoms with E-state index in [4.69, 9.17) is 11.7 Å². The maximum Gasteiger partial charge on any atom is 0.161 e. The molecule has 1 aromatic carbocycles. The summed E-state index contributed by atoms with van der Waals surface area (Å²) < 4.78 is 5.76. The van der Waals surface area contributed by atoms with Crippen molar-refractivity contribution in [1.29, 1.82) is 0 Å². The Morgan fingerprint density at radius 3 is 2.65 bits per heavy atom. The monoisotopic (exact) mass is 270 g/mol. The van der Waals surface area contributed by atoms with Crippen LogP contribution in [0.5, 0.6) is 11.5 Å². The van der Waals surface area contributed by atoms with Crippen LogP contribution >= 0.6 is 0 Å². The van der Waals surface area contributed by atoms with Crippen molar-refractivity contribution in [3.63, 3.8) is 0 Å². The minimum absolute atomic E-state index is 0.122. The minimum Gasteiger partial charge on any atom is -0.504 e. The molecule has 2 radical (unpaired) electrons. The maximum absolute atomic E-state index is 9.80. The van der Waals surface area contributed by atoms with E-state index >= 15 is 0 Å². The van der Waals surface area contributed by atoms with Crippen molar-refractivity contribution in [3.8, 4) is 11.5 Å². The van der Waals surface area contributed by atoms with Crippen LogP contribution < -0.4 is 4.74 Å². The highest BCUT2D eigenvalue weighted by Gasteiger charge is 2.33. The van der Waals surface area contributed by atoms with Crippen molar-refractivity contribution >= 4 is 0 Å². The quantitative estimate of drug-likeness (QED) is 0.819. The second-order valence-corrected chi connectivity index (χ2v) is 6.24. The zero-order valence-electron chi connectivity index (χ0n) is 11.9. The summed E-state index contributed by atoms with van der Waals surface area (Å²) in [6.45, 7) is 6.20. The van der Waals surface area contributed by atoms with Crippen LogP contribution in [0.2, 0.25) is 0 Å². The van der Waals surface area contributed by atoms with Crippen LogP contribution in [0.4, 0.5) is 0 Å². The fourth-order valence-electron chi connectivity index (χ4n) is 3.66. The molecule has 1 saturated carbocycles. The van der Waals surface area contributed by atoms with Crippen molar-refractivity contribution < 1.29 is 9.84 Å². The van der Waals surface area contributed by atoms with Crippen molar-refractivity contribution in [2.45, 2.75) is 44.9 Å². The molecular weight excluding hydrogens is 248 g/mol. The zero-order chi connectivity index (χ0) is 14.0. The summed E-state index contributed by atoms with van der Waals surface area (Å²) in [5.74, 6) is 0.642. The van der Waals surface area contributed by atoms with E-state index in [1.807, 2.05) is 0 Å². The number of ether oxygens (including phenoxy) is 1. The molecule has 2 nitrogen and oxygen atoms in total. The average molecular weight is 270 g/mol. The van der Waals surface area contributed by atoms with Gasteiger partial charge in [-0.3, -0.25) is 0 Å². The lowest BCUT2D eigenvalue weighted by Gasteiger charge is -2.31. The molecule has 1 aromatic rings. The maximum atomic E-state index is 9.80. The van der Waals surface area contributed by atoms with E-state index in [2.05, 4.69) is 6.08 Å². The molecule has 0 unspecified atom stereocenters. The molecule has 2 aliphatic carbocycles. The summed E-state index contributed by atoms with van der Waals surface area (Å²) in [6, 6.07) is 5.02. The topological polar surface area (TPSA) is 29.5 Å². The number of hydrogen-bond acceptors (Lipinski definition) is 2. The van der Waals surface area contributed by atoms with Gasteiger partial charge in [-0.1, -0.05) is 25.0 Å². The Hall–Kier alpha value is -1.44. The predicted octanol–water partition coefficient (Wildman–Crippen LogP) is 4.50. The summed E-state index contributed by atoms with van der Waals surface area (Å²) in [5, 5.41) is 9.80. The Labute approximate surface area is 121 Å². The van der Waals surface area contributed by atoms with Gasteiger partial charge in [0.15, 0.2) is 11.5 Å². The average Bonchev–Trinajstić information content (AvgIpc) is 2.86. The van der Waals surface area contributed by atoms with Gasteiger partial charge in [0, 0.05) is 0 Å². The van der Waals surface area contributed by atoms with Gasteiger partial charge in [-0.15, -0.1) is 0 Å². The third-order valence-electron chi connectivity index (χ3n) is 4.68. The van der Waals surface area contributed by atoms with Gasteiger partial charge in [0.05, 0.1) is 0 Å². The molecule has 20 heavy (non-hydrogen) atoms. The van der Waals surface area contributed by atoms with Crippen LogP contribution in [0, 0.1) is 12.3 Å². The number of phenolic OH excluding ortho intramolecular Hbond substituents is 1. The van der Waals surface area contributed by atoms with Crippen LogP contribution in [-0.2, 0) is 0 Å². The third kappa shape index (κ3) is 2.84. The fourth-order valence-corrected chi connectivity index (χ4v) is 3.66. The van der Waals surface area contributed by atoms with Crippen molar-refractivity contribution in [3.05, 3.63) is 42.3 Å². The molecular formula is C18H22O2. The van der Waals surface area contributed by atoms with E-state index in [9.17, 15) is 5.11 Å². The molecule has 3 rings (SSSR count). The third-order valence-corrected chi connectivity index (χ3v) is 4.68. The summed E-state index contributed by atoms with van der Waals surface area (Å²) in [6.07, 6.45) is 11.6. The normalized spacial score (nSPS) is 20.9. The van der Waals surface area contributed by atoms with Gasteiger partial charge in [-0.2, -0.15) is 0 Å². The number of rotatable bonds is 3. The Kier molecular flexibility index (Phi) is 3.73. The van der Waals surface area contributed by atoms with E-state index in [1.165, 1.54) is 50.2 Å². The zero-order valence-corrected chi connectivity index (χ0v) is 11.9. The van der Waals surface area contributed by atoms with Gasteiger partial charge in [0.2, 0.25) is 0 Å². The van der Waals surface area contributed by atoms with Crippen LogP contribution in [-0.4, -0.2) is 11.7 Å². The summed E-state index contributed by atoms with van der Waals surface area (Å²) in [5.41, 5.74) is 2.39. The Bertz CT molecular complexity index is 510. The molecule has 2 aliphatic rings. The van der Waals surface area contributed by atoms with Gasteiger partial charge in [0.1, 0.15) is 6.61 Å². The van der Waals surface area contributed by atoms with Crippen LogP contribution in [0.3, 0.4) is 0 Å². The predicted molar refractivity (Wildman–Crippen MR) is 79.8 cm³/mol. The highest BCUT2D eigenvalue weighted by molar-refractivity contribution is 5.42. The summed E-state index contributed by atoms with van der Waals surface area (Å²) in [4.78, 5) is 0. The molecule has 106 valence electrons. The first-order valence-corrected chi connectivity index (χ1v) is 7.59. The second kappa shape index (κ2) is 5.51. The first-order valence-electron chi connectivity index (χ1n) is 7.59. The number of aromatic hydroxyl groups is 1. The largest absolute Gasteiger partial charge is 0.504 e. The Balaban J connectivity index is 1.67. The molecule has 0 amide bonds. The molecule has 0 aromatic heterocycles. The molecule has 0 saturated heterocycles. The van der Waals surface area contributed by atoms with Crippen LogP contribution in [0.1, 0.15) is 50.5 Å². The number of phenols is 1. The van der Waals surface area contributed by atoms with Crippen molar-refractivity contribution in [1.82, 2.24) is 0 Å². The van der Waals surface area contributed by atoms with E-state index in [-0.39, 0.29) is 5.75 Å². The smallest absolute Gasteiger partial charge is 0.161 e. The molecule has 1 N–H and O–H groups in total. The molecule has 0 atom stereocenters. The van der Waals surface area contributed by atoms with E-state index < -0.39 is 0 Å². The van der Waals surface area contributed by atoms with Gasteiger partial charge in [-0.25, -0.2) is 0 Å². The number of allylic oxidation sites excluding steroid dienone is 1. The molecule has 0 bridgehead atoms. The van der Waals surface area contributed by atoms with Gasteiger partial charge >= 0.3 is 0 Å². The second-order valence-electron chi connectivity index (χ2n) is 6.24. The number of benzene rings is 1. The molecule has 0 aliphatic heterocycles. The molecule has 2 heteroatoms. The van der Waals surface area contributed by atoms with Gasteiger partial charge < -0.3 is 9.84 Å². The first kappa shape index (κ1) is 13.5. The highest BCUT2D eigenvalue weighted by Crippen LogP contribution is 2.47. The van der Waals surface area contributed by atoms with Gasteiger partial charge in [0.25, 0.3) is 0 Å². The Morgan fingerprint density at radius 1 is 1.15 bits per heavy atom. The van der Waals surface area contributed by atoms with E-state index in [0.29, 0.717) is 23.3 Å². The lowest BCUT2D eigenvalue weighted by Crippen LogP contribution is -2.19. The highest BCUT2D eigenvalue weighted by atomic mass is 16.5. The SMILES string of the molecule is [CH]c1ccc(OCC2=CC3(CCCC3)CCC2)c(O)c1. The summed E-state index contributed by atoms with van der Waals surface area (Å²) in [7, 11) is 0. The summed E-state index contributed by atoms with van der Waals surface area (Å²) >= 11 is 0. The van der Waals surface area contributed by atoms with E-state index in [0.717, 1.165) is 6.42 Å². The lowest BCUT2D eigenvalue weighted by molar-refractivity contribution is 0.292. The standard InChI is InChI=1S/C18H22O2/c1-14-6-7-17(16(19)11-14)20-13-15-5-4-10-18(12-15)8-2-3-9-18/h1,6-7,11-12,19H,2-5,8-10,13H2. The van der Waals surface area contributed by atoms with Crippen LogP contribution in [0.25, 0.3) is 0 Å². The molecule has 1 fully saturated rings. The molecule has 0 heterocycles. The fraction of sp³-hybridized carbons (Fsp3) is 0.500. The minimum atomic E-state index is 0.122. The number of hydrogen-bond donors (Lipinski definition) is 1. The lowest BCUT2D eigenvalue weighted by atomic mass is 9.75.